The molecule has 2 aliphatic carbocycles. The minimum atomic E-state index is -0.653. The number of fused-ring (bicyclic) bond motifs is 2. The van der Waals surface area contributed by atoms with Crippen LogP contribution in [0.4, 0.5) is 0 Å². The van der Waals surface area contributed by atoms with E-state index in [2.05, 4.69) is 13.8 Å². The van der Waals surface area contributed by atoms with E-state index in [-0.39, 0.29) is 12.2 Å². The first kappa shape index (κ1) is 10.1. The zero-order valence-electron chi connectivity index (χ0n) is 9.48. The van der Waals surface area contributed by atoms with Crippen LogP contribution in [0.2, 0.25) is 0 Å². The number of ether oxygens (including phenoxy) is 2. The molecule has 1 aliphatic heterocycles. The largest absolute Gasteiger partial charge is 0.387 e. The van der Waals surface area contributed by atoms with Crippen molar-refractivity contribution in [1.29, 1.82) is 0 Å². The zero-order valence-corrected chi connectivity index (χ0v) is 9.48. The molecule has 0 aromatic heterocycles. The molecule has 3 fully saturated rings. The van der Waals surface area contributed by atoms with Gasteiger partial charge in [-0.05, 0) is 45.4 Å². The number of aliphatic hydroxyl groups excluding tert-OH is 1. The molecule has 0 amide bonds. The van der Waals surface area contributed by atoms with E-state index >= 15 is 0 Å². The minimum Gasteiger partial charge on any atom is -0.387 e. The van der Waals surface area contributed by atoms with Crippen molar-refractivity contribution in [1.82, 2.24) is 0 Å². The Kier molecular flexibility index (Phi) is 2.14. The molecule has 0 bridgehead atoms. The van der Waals surface area contributed by atoms with Crippen molar-refractivity contribution in [3.63, 3.8) is 0 Å². The highest BCUT2D eigenvalue weighted by molar-refractivity contribution is 5.06. The predicted molar refractivity (Wildman–Crippen MR) is 55.3 cm³/mol. The molecule has 2 saturated carbocycles. The molecule has 0 radical (unpaired) electrons. The van der Waals surface area contributed by atoms with Crippen molar-refractivity contribution in [2.45, 2.75) is 63.6 Å². The first-order chi connectivity index (χ1) is 7.12. The molecule has 86 valence electrons. The fourth-order valence-electron chi connectivity index (χ4n) is 3.43. The average molecular weight is 212 g/mol. The smallest absolute Gasteiger partial charge is 0.198 e. The molecule has 0 unspecified atom stereocenters. The van der Waals surface area contributed by atoms with Crippen molar-refractivity contribution in [2.75, 3.05) is 0 Å². The predicted octanol–water partition coefficient (Wildman–Crippen LogP) is 1.69. The monoisotopic (exact) mass is 212 g/mol. The lowest BCUT2D eigenvalue weighted by molar-refractivity contribution is -0.362. The molecule has 1 heterocycles. The van der Waals surface area contributed by atoms with Gasteiger partial charge in [-0.2, -0.15) is 0 Å². The van der Waals surface area contributed by atoms with Gasteiger partial charge in [-0.15, -0.1) is 0 Å². The van der Waals surface area contributed by atoms with Gasteiger partial charge in [0.25, 0.3) is 0 Å². The summed E-state index contributed by atoms with van der Waals surface area (Å²) in [6.07, 6.45) is 4.09. The van der Waals surface area contributed by atoms with E-state index in [9.17, 15) is 5.11 Å². The van der Waals surface area contributed by atoms with Gasteiger partial charge in [0, 0.05) is 5.92 Å². The Morgan fingerprint density at radius 3 is 2.40 bits per heavy atom. The van der Waals surface area contributed by atoms with Gasteiger partial charge in [0.05, 0.1) is 12.2 Å². The van der Waals surface area contributed by atoms with Crippen LogP contribution in [0.3, 0.4) is 0 Å². The van der Waals surface area contributed by atoms with Gasteiger partial charge in [-0.3, -0.25) is 0 Å². The molecule has 0 aromatic carbocycles. The first-order valence-corrected chi connectivity index (χ1v) is 6.15. The third-order valence-corrected chi connectivity index (χ3v) is 4.15. The second-order valence-electron chi connectivity index (χ2n) is 5.51. The van der Waals surface area contributed by atoms with Crippen LogP contribution in [0.1, 0.15) is 39.5 Å². The molecule has 1 N–H and O–H groups in total. The molecule has 3 nitrogen and oxygen atoms in total. The molecule has 3 rings (SSSR count). The van der Waals surface area contributed by atoms with Crippen LogP contribution in [0.5, 0.6) is 0 Å². The number of rotatable bonds is 0. The summed E-state index contributed by atoms with van der Waals surface area (Å²) in [6.45, 7) is 4.17. The topological polar surface area (TPSA) is 38.7 Å². The summed E-state index contributed by atoms with van der Waals surface area (Å²) >= 11 is 0. The third-order valence-electron chi connectivity index (χ3n) is 4.15. The van der Waals surface area contributed by atoms with Crippen LogP contribution in [-0.4, -0.2) is 29.2 Å². The second kappa shape index (κ2) is 3.19. The molecule has 15 heavy (non-hydrogen) atoms. The maximum Gasteiger partial charge on any atom is 0.198 e. The lowest BCUT2D eigenvalue weighted by Gasteiger charge is -2.48. The van der Waals surface area contributed by atoms with Crippen LogP contribution in [-0.2, 0) is 9.47 Å². The van der Waals surface area contributed by atoms with Gasteiger partial charge < -0.3 is 14.6 Å². The van der Waals surface area contributed by atoms with Gasteiger partial charge >= 0.3 is 0 Å². The average Bonchev–Trinajstić information content (AvgIpc) is 2.90. The molecule has 3 aliphatic rings. The van der Waals surface area contributed by atoms with Crippen molar-refractivity contribution < 1.29 is 14.6 Å². The SMILES string of the molecule is C[C@@H]1C[C@@H](C)OC2(O1)[C@@H](O)CC[C@@H]1C[C@@H]12. The maximum absolute atomic E-state index is 10.2. The van der Waals surface area contributed by atoms with Crippen LogP contribution >= 0.6 is 0 Å². The van der Waals surface area contributed by atoms with E-state index in [4.69, 9.17) is 9.47 Å². The normalized spacial score (nSPS) is 59.0. The summed E-state index contributed by atoms with van der Waals surface area (Å²) in [4.78, 5) is 0. The molecule has 0 aromatic rings. The third kappa shape index (κ3) is 1.44. The maximum atomic E-state index is 10.2. The van der Waals surface area contributed by atoms with Crippen molar-refractivity contribution >= 4 is 0 Å². The highest BCUT2D eigenvalue weighted by Crippen LogP contribution is 2.58. The highest BCUT2D eigenvalue weighted by atomic mass is 16.7. The molecule has 1 spiro atoms. The summed E-state index contributed by atoms with van der Waals surface area (Å²) in [7, 11) is 0. The zero-order chi connectivity index (χ0) is 10.6. The first-order valence-electron chi connectivity index (χ1n) is 6.15. The summed E-state index contributed by atoms with van der Waals surface area (Å²) in [5, 5.41) is 10.2. The van der Waals surface area contributed by atoms with E-state index in [1.807, 2.05) is 0 Å². The summed E-state index contributed by atoms with van der Waals surface area (Å²) in [5.74, 6) is 0.539. The van der Waals surface area contributed by atoms with Crippen LogP contribution in [0, 0.1) is 11.8 Å². The Morgan fingerprint density at radius 1 is 1.07 bits per heavy atom. The lowest BCUT2D eigenvalue weighted by Crippen LogP contribution is -2.58. The van der Waals surface area contributed by atoms with Gasteiger partial charge in [-0.25, -0.2) is 0 Å². The molecule has 5 atom stereocenters. The number of hydrogen-bond donors (Lipinski definition) is 1. The molecule has 3 heteroatoms. The van der Waals surface area contributed by atoms with Crippen LogP contribution in [0.25, 0.3) is 0 Å². The van der Waals surface area contributed by atoms with E-state index in [1.165, 1.54) is 6.42 Å². The quantitative estimate of drug-likeness (QED) is 0.664. The van der Waals surface area contributed by atoms with Crippen LogP contribution in [0.15, 0.2) is 0 Å². The van der Waals surface area contributed by atoms with Crippen molar-refractivity contribution in [3.8, 4) is 0 Å². The molecular formula is C12H20O3. The second-order valence-corrected chi connectivity index (χ2v) is 5.51. The van der Waals surface area contributed by atoms with Gasteiger partial charge in [0.2, 0.25) is 0 Å². The lowest BCUT2D eigenvalue weighted by atomic mass is 9.89. The van der Waals surface area contributed by atoms with Crippen molar-refractivity contribution in [3.05, 3.63) is 0 Å². The van der Waals surface area contributed by atoms with E-state index in [0.717, 1.165) is 25.2 Å². The van der Waals surface area contributed by atoms with Crippen molar-refractivity contribution in [2.24, 2.45) is 11.8 Å². The Labute approximate surface area is 90.8 Å². The van der Waals surface area contributed by atoms with E-state index < -0.39 is 11.9 Å². The van der Waals surface area contributed by atoms with Crippen LogP contribution < -0.4 is 0 Å². The summed E-state index contributed by atoms with van der Waals surface area (Å²) in [5.41, 5.74) is 0. The summed E-state index contributed by atoms with van der Waals surface area (Å²) < 4.78 is 12.0. The number of aliphatic hydroxyl groups is 1. The Morgan fingerprint density at radius 2 is 1.73 bits per heavy atom. The highest BCUT2D eigenvalue weighted by Gasteiger charge is 2.63. The number of hydrogen-bond acceptors (Lipinski definition) is 3. The van der Waals surface area contributed by atoms with Gasteiger partial charge in [0.1, 0.15) is 6.10 Å². The van der Waals surface area contributed by atoms with E-state index in [1.54, 1.807) is 0 Å². The van der Waals surface area contributed by atoms with E-state index in [0.29, 0.717) is 5.92 Å². The standard InChI is InChI=1S/C12H20O3/c1-7-5-8(2)15-12(14-7)10-6-9(10)3-4-11(12)13/h7-11,13H,3-6H2,1-2H3/t7-,8-,9-,10+,11+/m1/s1. The summed E-state index contributed by atoms with van der Waals surface area (Å²) in [6, 6.07) is 0. The fraction of sp³-hybridized carbons (Fsp3) is 1.00. The Bertz CT molecular complexity index is 252. The Hall–Kier alpha value is -0.120. The Balaban J connectivity index is 1.86. The van der Waals surface area contributed by atoms with Gasteiger partial charge in [-0.1, -0.05) is 0 Å². The molecule has 1 saturated heterocycles. The molecular weight excluding hydrogens is 192 g/mol. The van der Waals surface area contributed by atoms with Gasteiger partial charge in [0.15, 0.2) is 5.79 Å². The fourth-order valence-corrected chi connectivity index (χ4v) is 3.43. The minimum absolute atomic E-state index is 0.211.